The van der Waals surface area contributed by atoms with Crippen LogP contribution >= 0.6 is 27.5 Å². The van der Waals surface area contributed by atoms with E-state index in [0.29, 0.717) is 5.56 Å². The second-order valence-corrected chi connectivity index (χ2v) is 3.90. The molecular formula is C8H8BrClFN. The zero-order chi connectivity index (χ0) is 9.30. The number of benzene rings is 1. The van der Waals surface area contributed by atoms with E-state index in [-0.39, 0.29) is 11.1 Å². The molecule has 4 heteroatoms. The molecule has 66 valence electrons. The molecule has 1 aromatic carbocycles. The normalized spacial score (nSPS) is 13.1. The Morgan fingerprint density at radius 2 is 2.17 bits per heavy atom. The van der Waals surface area contributed by atoms with Crippen LogP contribution in [0.15, 0.2) is 16.6 Å². The van der Waals surface area contributed by atoms with Crippen molar-refractivity contribution in [2.45, 2.75) is 13.0 Å². The van der Waals surface area contributed by atoms with Gasteiger partial charge in [0.15, 0.2) is 0 Å². The summed E-state index contributed by atoms with van der Waals surface area (Å²) >= 11 is 8.81. The maximum atomic E-state index is 13.2. The fourth-order valence-corrected chi connectivity index (χ4v) is 1.74. The molecule has 0 heterocycles. The summed E-state index contributed by atoms with van der Waals surface area (Å²) in [5.41, 5.74) is 5.96. The molecule has 1 rings (SSSR count). The predicted octanol–water partition coefficient (Wildman–Crippen LogP) is 3.26. The molecule has 0 aliphatic carbocycles. The second kappa shape index (κ2) is 3.73. The SMILES string of the molecule is CC(N)c1cc(Br)cc(Cl)c1F. The molecule has 0 bridgehead atoms. The van der Waals surface area contributed by atoms with Crippen molar-refractivity contribution in [2.24, 2.45) is 5.73 Å². The van der Waals surface area contributed by atoms with Gasteiger partial charge in [-0.15, -0.1) is 0 Å². The van der Waals surface area contributed by atoms with E-state index >= 15 is 0 Å². The first-order valence-corrected chi connectivity index (χ1v) is 4.59. The van der Waals surface area contributed by atoms with Crippen molar-refractivity contribution in [3.63, 3.8) is 0 Å². The van der Waals surface area contributed by atoms with E-state index in [4.69, 9.17) is 17.3 Å². The maximum absolute atomic E-state index is 13.2. The lowest BCUT2D eigenvalue weighted by atomic mass is 10.1. The van der Waals surface area contributed by atoms with Gasteiger partial charge in [-0.2, -0.15) is 0 Å². The van der Waals surface area contributed by atoms with Crippen LogP contribution in [0.2, 0.25) is 5.02 Å². The zero-order valence-corrected chi connectivity index (χ0v) is 8.79. The molecule has 0 aliphatic rings. The lowest BCUT2D eigenvalue weighted by molar-refractivity contribution is 0.594. The van der Waals surface area contributed by atoms with Gasteiger partial charge < -0.3 is 5.73 Å². The highest BCUT2D eigenvalue weighted by molar-refractivity contribution is 9.10. The average molecular weight is 253 g/mol. The molecule has 0 saturated heterocycles. The van der Waals surface area contributed by atoms with Crippen molar-refractivity contribution in [1.29, 1.82) is 0 Å². The van der Waals surface area contributed by atoms with Crippen molar-refractivity contribution in [3.05, 3.63) is 33.0 Å². The summed E-state index contributed by atoms with van der Waals surface area (Å²) in [6, 6.07) is 2.79. The van der Waals surface area contributed by atoms with Crippen LogP contribution in [0, 0.1) is 5.82 Å². The molecule has 0 saturated carbocycles. The molecular weight excluding hydrogens is 244 g/mol. The number of nitrogens with two attached hydrogens (primary N) is 1. The Balaban J connectivity index is 3.28. The zero-order valence-electron chi connectivity index (χ0n) is 6.44. The quantitative estimate of drug-likeness (QED) is 0.763. The van der Waals surface area contributed by atoms with Crippen LogP contribution in [0.4, 0.5) is 4.39 Å². The van der Waals surface area contributed by atoms with Crippen molar-refractivity contribution in [2.75, 3.05) is 0 Å². The molecule has 0 aliphatic heterocycles. The van der Waals surface area contributed by atoms with E-state index in [1.165, 1.54) is 6.07 Å². The molecule has 0 aromatic heterocycles. The van der Waals surface area contributed by atoms with Crippen molar-refractivity contribution < 1.29 is 4.39 Å². The molecule has 12 heavy (non-hydrogen) atoms. The monoisotopic (exact) mass is 251 g/mol. The minimum Gasteiger partial charge on any atom is -0.324 e. The number of halogens is 3. The highest BCUT2D eigenvalue weighted by Crippen LogP contribution is 2.26. The Morgan fingerprint density at radius 1 is 1.58 bits per heavy atom. The third-order valence-electron chi connectivity index (χ3n) is 1.51. The van der Waals surface area contributed by atoms with Gasteiger partial charge in [-0.3, -0.25) is 0 Å². The van der Waals surface area contributed by atoms with Crippen LogP contribution in [0.3, 0.4) is 0 Å². The smallest absolute Gasteiger partial charge is 0.146 e. The number of hydrogen-bond acceptors (Lipinski definition) is 1. The van der Waals surface area contributed by atoms with Crippen LogP contribution in [-0.4, -0.2) is 0 Å². The summed E-state index contributed by atoms with van der Waals surface area (Å²) < 4.78 is 13.9. The molecule has 0 fully saturated rings. The standard InChI is InChI=1S/C8H8BrClFN/c1-4(12)6-2-5(9)3-7(10)8(6)11/h2-4H,12H2,1H3. The highest BCUT2D eigenvalue weighted by Gasteiger charge is 2.11. The van der Waals surface area contributed by atoms with Gasteiger partial charge in [-0.05, 0) is 19.1 Å². The first-order chi connectivity index (χ1) is 5.52. The Bertz CT molecular complexity index is 301. The summed E-state index contributed by atoms with van der Waals surface area (Å²) in [5.74, 6) is -0.435. The van der Waals surface area contributed by atoms with E-state index in [1.807, 2.05) is 0 Å². The molecule has 0 radical (unpaired) electrons. The Kier molecular flexibility index (Phi) is 3.09. The largest absolute Gasteiger partial charge is 0.324 e. The minimum absolute atomic E-state index is 0.0941. The summed E-state index contributed by atoms with van der Waals surface area (Å²) in [4.78, 5) is 0. The second-order valence-electron chi connectivity index (χ2n) is 2.58. The molecule has 1 atom stereocenters. The summed E-state index contributed by atoms with van der Waals surface area (Å²) in [5, 5.41) is 0.0941. The van der Waals surface area contributed by atoms with Crippen molar-refractivity contribution in [3.8, 4) is 0 Å². The maximum Gasteiger partial charge on any atom is 0.146 e. The molecule has 0 amide bonds. The highest BCUT2D eigenvalue weighted by atomic mass is 79.9. The topological polar surface area (TPSA) is 26.0 Å². The van der Waals surface area contributed by atoms with E-state index in [2.05, 4.69) is 15.9 Å². The molecule has 0 spiro atoms. The van der Waals surface area contributed by atoms with Gasteiger partial charge in [0.25, 0.3) is 0 Å². The minimum atomic E-state index is -0.435. The van der Waals surface area contributed by atoms with Crippen LogP contribution in [0.25, 0.3) is 0 Å². The summed E-state index contributed by atoms with van der Waals surface area (Å²) in [6.07, 6.45) is 0. The van der Waals surface area contributed by atoms with Crippen molar-refractivity contribution >= 4 is 27.5 Å². The lowest BCUT2D eigenvalue weighted by Crippen LogP contribution is -2.07. The summed E-state index contributed by atoms with van der Waals surface area (Å²) in [6.45, 7) is 1.71. The summed E-state index contributed by atoms with van der Waals surface area (Å²) in [7, 11) is 0. The fraction of sp³-hybridized carbons (Fsp3) is 0.250. The van der Waals surface area contributed by atoms with Crippen LogP contribution in [0.1, 0.15) is 18.5 Å². The van der Waals surface area contributed by atoms with Gasteiger partial charge in [0.2, 0.25) is 0 Å². The van der Waals surface area contributed by atoms with Gasteiger partial charge >= 0.3 is 0 Å². The van der Waals surface area contributed by atoms with Gasteiger partial charge in [0, 0.05) is 16.1 Å². The van der Waals surface area contributed by atoms with Crippen molar-refractivity contribution in [1.82, 2.24) is 0 Å². The Labute approximate surface area is 83.8 Å². The fourth-order valence-electron chi connectivity index (χ4n) is 0.907. The van der Waals surface area contributed by atoms with Crippen LogP contribution in [-0.2, 0) is 0 Å². The van der Waals surface area contributed by atoms with E-state index in [9.17, 15) is 4.39 Å². The third kappa shape index (κ3) is 1.97. The van der Waals surface area contributed by atoms with Gasteiger partial charge in [0.05, 0.1) is 5.02 Å². The molecule has 2 N–H and O–H groups in total. The average Bonchev–Trinajstić information content (AvgIpc) is 1.96. The first-order valence-electron chi connectivity index (χ1n) is 3.42. The number of rotatable bonds is 1. The molecule has 1 nitrogen and oxygen atoms in total. The third-order valence-corrected chi connectivity index (χ3v) is 2.24. The Hall–Kier alpha value is -0.120. The Morgan fingerprint density at radius 3 is 2.67 bits per heavy atom. The van der Waals surface area contributed by atoms with Crippen LogP contribution in [0.5, 0.6) is 0 Å². The molecule has 1 unspecified atom stereocenters. The lowest BCUT2D eigenvalue weighted by Gasteiger charge is -2.08. The number of hydrogen-bond donors (Lipinski definition) is 1. The van der Waals surface area contributed by atoms with Gasteiger partial charge in [-0.25, -0.2) is 4.39 Å². The first kappa shape index (κ1) is 9.96. The molecule has 1 aromatic rings. The van der Waals surface area contributed by atoms with E-state index in [1.54, 1.807) is 13.0 Å². The van der Waals surface area contributed by atoms with E-state index in [0.717, 1.165) is 4.47 Å². The van der Waals surface area contributed by atoms with Gasteiger partial charge in [-0.1, -0.05) is 27.5 Å². The van der Waals surface area contributed by atoms with E-state index < -0.39 is 5.82 Å². The van der Waals surface area contributed by atoms with Gasteiger partial charge in [0.1, 0.15) is 5.82 Å². The predicted molar refractivity (Wildman–Crippen MR) is 51.7 cm³/mol. The van der Waals surface area contributed by atoms with Crippen LogP contribution < -0.4 is 5.73 Å².